The lowest BCUT2D eigenvalue weighted by Gasteiger charge is -2.14. The number of hydrogen-bond donors (Lipinski definition) is 0. The van der Waals surface area contributed by atoms with Gasteiger partial charge in [0.1, 0.15) is 0 Å². The second-order valence-corrected chi connectivity index (χ2v) is 17.0. The van der Waals surface area contributed by atoms with Gasteiger partial charge in [0, 0.05) is 16.7 Å². The van der Waals surface area contributed by atoms with Crippen LogP contribution >= 0.6 is 0 Å². The quantitative estimate of drug-likeness (QED) is 0.168. The third-order valence-corrected chi connectivity index (χ3v) is 13.5. The molecule has 294 valence electrons. The van der Waals surface area contributed by atoms with Crippen LogP contribution in [0.5, 0.6) is 0 Å². The summed E-state index contributed by atoms with van der Waals surface area (Å²) in [6.07, 6.45) is 2.77. The highest BCUT2D eigenvalue weighted by Crippen LogP contribution is 2.45. The summed E-state index contributed by atoms with van der Waals surface area (Å²) in [5.74, 6) is 1.95. The number of fused-ring (bicyclic) bond motifs is 9. The molecule has 63 heavy (non-hydrogen) atoms. The average Bonchev–Trinajstić information content (AvgIpc) is 4.06. The third-order valence-electron chi connectivity index (χ3n) is 13.5. The van der Waals surface area contributed by atoms with Crippen LogP contribution in [0.1, 0.15) is 33.4 Å². The first-order chi connectivity index (χ1) is 31.2. The standard InChI is InChI=1S/C60H39N3/c1-4-22-46-40(13-1)34-55-49(25-10-28-52(46)55)37-16-7-19-43(31-37)58-61-59(44-20-8-17-38(32-44)50-26-11-29-53-47-23-5-2-14-41(47)35-56(50)53)63-60(62-58)45-21-9-18-39(33-45)51-27-12-30-54-48-24-6-3-15-42(48)36-57(51)54/h1-33H,34-36H2. The van der Waals surface area contributed by atoms with Crippen molar-refractivity contribution < 1.29 is 0 Å². The van der Waals surface area contributed by atoms with E-state index in [0.717, 1.165) is 52.6 Å². The first-order valence-corrected chi connectivity index (χ1v) is 21.9. The third kappa shape index (κ3) is 5.92. The van der Waals surface area contributed by atoms with Gasteiger partial charge in [-0.15, -0.1) is 0 Å². The molecule has 3 heteroatoms. The fraction of sp³-hybridized carbons (Fsp3) is 0.0500. The minimum Gasteiger partial charge on any atom is -0.208 e. The summed E-state index contributed by atoms with van der Waals surface area (Å²) in [4.78, 5) is 15.9. The highest BCUT2D eigenvalue weighted by atomic mass is 15.0. The first-order valence-electron chi connectivity index (χ1n) is 21.9. The van der Waals surface area contributed by atoms with E-state index in [2.05, 4.69) is 200 Å². The van der Waals surface area contributed by atoms with Crippen molar-refractivity contribution in [2.45, 2.75) is 19.3 Å². The van der Waals surface area contributed by atoms with Crippen molar-refractivity contribution in [3.63, 3.8) is 0 Å². The van der Waals surface area contributed by atoms with Crippen LogP contribution in [0.25, 0.3) is 101 Å². The van der Waals surface area contributed by atoms with E-state index < -0.39 is 0 Å². The minimum atomic E-state index is 0.649. The van der Waals surface area contributed by atoms with Crippen molar-refractivity contribution in [2.24, 2.45) is 0 Å². The van der Waals surface area contributed by atoms with Crippen LogP contribution in [0.4, 0.5) is 0 Å². The number of rotatable bonds is 6. The van der Waals surface area contributed by atoms with Gasteiger partial charge in [0.25, 0.3) is 0 Å². The lowest BCUT2D eigenvalue weighted by atomic mass is 9.94. The number of aromatic nitrogens is 3. The predicted octanol–water partition coefficient (Wildman–Crippen LogP) is 14.6. The molecule has 0 saturated heterocycles. The molecular formula is C60H39N3. The largest absolute Gasteiger partial charge is 0.208 e. The maximum absolute atomic E-state index is 5.31. The van der Waals surface area contributed by atoms with E-state index in [4.69, 9.17) is 15.0 Å². The summed E-state index contributed by atoms with van der Waals surface area (Å²) < 4.78 is 0. The Morgan fingerprint density at radius 3 is 0.810 bits per heavy atom. The van der Waals surface area contributed by atoms with Gasteiger partial charge in [-0.05, 0) is 138 Å². The lowest BCUT2D eigenvalue weighted by Crippen LogP contribution is -2.01. The molecule has 1 aromatic heterocycles. The number of benzene rings is 9. The molecule has 3 aliphatic carbocycles. The molecule has 0 N–H and O–H groups in total. The van der Waals surface area contributed by atoms with Crippen molar-refractivity contribution in [1.29, 1.82) is 0 Å². The van der Waals surface area contributed by atoms with Gasteiger partial charge in [0.05, 0.1) is 0 Å². The molecule has 3 nitrogen and oxygen atoms in total. The molecule has 0 radical (unpaired) electrons. The summed E-state index contributed by atoms with van der Waals surface area (Å²) in [7, 11) is 0. The Hall–Kier alpha value is -8.01. The Morgan fingerprint density at radius 1 is 0.222 bits per heavy atom. The van der Waals surface area contributed by atoms with E-state index in [9.17, 15) is 0 Å². The second kappa shape index (κ2) is 14.3. The van der Waals surface area contributed by atoms with Gasteiger partial charge in [-0.3, -0.25) is 0 Å². The molecule has 0 atom stereocenters. The molecule has 0 bridgehead atoms. The van der Waals surface area contributed by atoms with Gasteiger partial charge in [-0.1, -0.05) is 182 Å². The van der Waals surface area contributed by atoms with Crippen molar-refractivity contribution in [3.8, 4) is 101 Å². The Morgan fingerprint density at radius 2 is 0.476 bits per heavy atom. The summed E-state index contributed by atoms with van der Waals surface area (Å²) in [5, 5.41) is 0. The van der Waals surface area contributed by atoms with E-state index in [-0.39, 0.29) is 0 Å². The summed E-state index contributed by atoms with van der Waals surface area (Å²) >= 11 is 0. The highest BCUT2D eigenvalue weighted by molar-refractivity contribution is 5.89. The fourth-order valence-corrected chi connectivity index (χ4v) is 10.5. The Bertz CT molecular complexity index is 3120. The lowest BCUT2D eigenvalue weighted by molar-refractivity contribution is 1.07. The number of nitrogens with zero attached hydrogens (tertiary/aromatic N) is 3. The zero-order valence-electron chi connectivity index (χ0n) is 34.5. The molecule has 0 aliphatic heterocycles. The minimum absolute atomic E-state index is 0.649. The van der Waals surface area contributed by atoms with E-state index in [1.165, 1.54) is 83.5 Å². The van der Waals surface area contributed by atoms with Crippen LogP contribution in [0, 0.1) is 0 Å². The molecule has 13 rings (SSSR count). The van der Waals surface area contributed by atoms with Crippen LogP contribution in [0.3, 0.4) is 0 Å². The Kier molecular flexibility index (Phi) is 8.10. The fourth-order valence-electron chi connectivity index (χ4n) is 10.5. The SMILES string of the molecule is c1cc(-c2nc(-c3cccc(-c4cccc5c4Cc4ccccc4-5)c3)nc(-c3cccc(-c4cccc5c4Cc4ccccc4-5)c3)n2)cc(-c2cccc3c2Cc2ccccc2-3)c1. The van der Waals surface area contributed by atoms with Crippen molar-refractivity contribution in [1.82, 2.24) is 15.0 Å². The normalized spacial score (nSPS) is 12.6. The van der Waals surface area contributed by atoms with Crippen LogP contribution < -0.4 is 0 Å². The Labute approximate surface area is 367 Å². The molecule has 9 aromatic carbocycles. The topological polar surface area (TPSA) is 38.7 Å². The monoisotopic (exact) mass is 801 g/mol. The van der Waals surface area contributed by atoms with Gasteiger partial charge in [0.15, 0.2) is 17.5 Å². The molecule has 10 aromatic rings. The molecule has 3 aliphatic rings. The molecule has 0 amide bonds. The smallest absolute Gasteiger partial charge is 0.164 e. The van der Waals surface area contributed by atoms with Crippen molar-refractivity contribution in [3.05, 3.63) is 234 Å². The first kappa shape index (κ1) is 35.7. The molecule has 0 unspecified atom stereocenters. The Balaban J connectivity index is 0.944. The van der Waals surface area contributed by atoms with Crippen LogP contribution in [0.15, 0.2) is 200 Å². The maximum Gasteiger partial charge on any atom is 0.164 e. The van der Waals surface area contributed by atoms with Gasteiger partial charge in [-0.2, -0.15) is 0 Å². The van der Waals surface area contributed by atoms with Crippen molar-refractivity contribution in [2.75, 3.05) is 0 Å². The molecular weight excluding hydrogens is 763 g/mol. The second-order valence-electron chi connectivity index (χ2n) is 17.0. The maximum atomic E-state index is 5.31. The molecule has 0 fully saturated rings. The van der Waals surface area contributed by atoms with Crippen LogP contribution in [-0.4, -0.2) is 15.0 Å². The van der Waals surface area contributed by atoms with Gasteiger partial charge in [-0.25, -0.2) is 15.0 Å². The summed E-state index contributed by atoms with van der Waals surface area (Å²) in [6.45, 7) is 0. The van der Waals surface area contributed by atoms with Gasteiger partial charge < -0.3 is 0 Å². The molecule has 1 heterocycles. The van der Waals surface area contributed by atoms with E-state index in [1.54, 1.807) is 0 Å². The van der Waals surface area contributed by atoms with Gasteiger partial charge in [0.2, 0.25) is 0 Å². The summed E-state index contributed by atoms with van der Waals surface area (Å²) in [6, 6.07) is 72.6. The van der Waals surface area contributed by atoms with E-state index in [0.29, 0.717) is 17.5 Å². The van der Waals surface area contributed by atoms with E-state index >= 15 is 0 Å². The number of hydrogen-bond acceptors (Lipinski definition) is 3. The zero-order valence-corrected chi connectivity index (χ0v) is 34.5. The summed E-state index contributed by atoms with van der Waals surface area (Å²) in [5.41, 5.74) is 26.2. The van der Waals surface area contributed by atoms with Crippen LogP contribution in [0.2, 0.25) is 0 Å². The molecule has 0 spiro atoms. The predicted molar refractivity (Wildman–Crippen MR) is 257 cm³/mol. The van der Waals surface area contributed by atoms with E-state index in [1.807, 2.05) is 0 Å². The van der Waals surface area contributed by atoms with Crippen LogP contribution in [-0.2, 0) is 19.3 Å². The molecule has 0 saturated carbocycles. The average molecular weight is 802 g/mol. The van der Waals surface area contributed by atoms with Gasteiger partial charge >= 0.3 is 0 Å². The highest BCUT2D eigenvalue weighted by Gasteiger charge is 2.25. The zero-order chi connectivity index (χ0) is 41.4. The van der Waals surface area contributed by atoms with Crippen molar-refractivity contribution >= 4 is 0 Å².